The highest BCUT2D eigenvalue weighted by molar-refractivity contribution is 6.30. The molecular weight excluding hydrogens is 496 g/mol. The molecule has 0 spiro atoms. The molecule has 2 aliphatic rings. The number of halogens is 1. The minimum atomic E-state index is -0.842. The summed E-state index contributed by atoms with van der Waals surface area (Å²) in [6, 6.07) is 9.89. The van der Waals surface area contributed by atoms with Crippen LogP contribution in [0.5, 0.6) is 0 Å². The van der Waals surface area contributed by atoms with Gasteiger partial charge in [0.2, 0.25) is 17.6 Å². The van der Waals surface area contributed by atoms with Crippen LogP contribution in [-0.4, -0.2) is 62.2 Å². The molecule has 2 fully saturated rings. The number of benzene rings is 1. The van der Waals surface area contributed by atoms with Gasteiger partial charge in [0.25, 0.3) is 0 Å². The fourth-order valence-electron chi connectivity index (χ4n) is 5.00. The van der Waals surface area contributed by atoms with Crippen LogP contribution in [0.4, 0.5) is 0 Å². The summed E-state index contributed by atoms with van der Waals surface area (Å²) < 4.78 is 11.4. The van der Waals surface area contributed by atoms with Gasteiger partial charge in [-0.3, -0.25) is 9.59 Å². The van der Waals surface area contributed by atoms with E-state index in [2.05, 4.69) is 20.7 Å². The second-order valence-corrected chi connectivity index (χ2v) is 10.1. The van der Waals surface area contributed by atoms with Gasteiger partial charge in [0.1, 0.15) is 18.3 Å². The van der Waals surface area contributed by atoms with Crippen molar-refractivity contribution >= 4 is 23.4 Å². The Morgan fingerprint density at radius 1 is 1.14 bits per heavy atom. The topological polar surface area (TPSA) is 115 Å². The lowest BCUT2D eigenvalue weighted by Gasteiger charge is -2.33. The molecule has 10 nitrogen and oxygen atoms in total. The van der Waals surface area contributed by atoms with Crippen molar-refractivity contribution in [2.24, 2.45) is 0 Å². The number of ether oxygens (including phenoxy) is 1. The average molecular weight is 527 g/mol. The first kappa shape index (κ1) is 25.4. The SMILES string of the molecule is Cc1ccc(-c2nnn(CC(=O)N(C[C@@H]3CCCO3)[C@@H](C(=O)NC3CCCC3)c3ccc(Cl)cc3)n2)o1. The lowest BCUT2D eigenvalue weighted by molar-refractivity contribution is -0.143. The number of furan rings is 1. The Bertz CT molecular complexity index is 1210. The number of aromatic nitrogens is 4. The number of carbonyl (C=O) groups is 2. The van der Waals surface area contributed by atoms with E-state index in [0.29, 0.717) is 28.8 Å². The zero-order valence-corrected chi connectivity index (χ0v) is 21.6. The Morgan fingerprint density at radius 2 is 1.92 bits per heavy atom. The number of carbonyl (C=O) groups excluding carboxylic acids is 2. The van der Waals surface area contributed by atoms with E-state index in [1.54, 1.807) is 35.2 Å². The zero-order valence-electron chi connectivity index (χ0n) is 20.8. The maximum atomic E-state index is 13.8. The van der Waals surface area contributed by atoms with E-state index < -0.39 is 6.04 Å². The molecule has 0 unspecified atom stereocenters. The van der Waals surface area contributed by atoms with Crippen molar-refractivity contribution in [3.8, 4) is 11.6 Å². The van der Waals surface area contributed by atoms with Crippen LogP contribution in [0.3, 0.4) is 0 Å². The lowest BCUT2D eigenvalue weighted by Crippen LogP contribution is -2.49. The first-order valence-electron chi connectivity index (χ1n) is 12.8. The predicted octanol–water partition coefficient (Wildman–Crippen LogP) is 3.70. The molecule has 1 aromatic carbocycles. The second-order valence-electron chi connectivity index (χ2n) is 9.68. The van der Waals surface area contributed by atoms with Crippen molar-refractivity contribution in [3.05, 3.63) is 52.7 Å². The standard InChI is InChI=1S/C26H31ClN6O4/c1-17-8-13-22(37-17)25-29-31-33(30-25)16-23(34)32(15-21-7-4-14-36-21)24(18-9-11-19(27)12-10-18)26(35)28-20-5-2-3-6-20/h8-13,20-21,24H,2-7,14-16H2,1H3,(H,28,35)/t21-,24+/m0/s1. The Morgan fingerprint density at radius 3 is 2.59 bits per heavy atom. The molecule has 0 bridgehead atoms. The maximum absolute atomic E-state index is 13.8. The molecule has 5 rings (SSSR count). The van der Waals surface area contributed by atoms with Crippen LogP contribution in [0.25, 0.3) is 11.6 Å². The molecule has 2 atom stereocenters. The van der Waals surface area contributed by atoms with Gasteiger partial charge in [-0.1, -0.05) is 36.6 Å². The molecule has 3 aromatic rings. The van der Waals surface area contributed by atoms with Gasteiger partial charge in [-0.15, -0.1) is 10.2 Å². The van der Waals surface area contributed by atoms with Gasteiger partial charge in [-0.2, -0.15) is 4.80 Å². The predicted molar refractivity (Wildman–Crippen MR) is 136 cm³/mol. The third kappa shape index (κ3) is 6.19. The van der Waals surface area contributed by atoms with Gasteiger partial charge in [0.05, 0.1) is 6.10 Å². The van der Waals surface area contributed by atoms with Crippen LogP contribution < -0.4 is 5.32 Å². The van der Waals surface area contributed by atoms with Gasteiger partial charge < -0.3 is 19.4 Å². The van der Waals surface area contributed by atoms with E-state index in [4.69, 9.17) is 20.8 Å². The summed E-state index contributed by atoms with van der Waals surface area (Å²) in [5.74, 6) is 0.974. The van der Waals surface area contributed by atoms with Crippen LogP contribution in [-0.2, 0) is 20.9 Å². The van der Waals surface area contributed by atoms with Crippen LogP contribution in [0.15, 0.2) is 40.8 Å². The highest BCUT2D eigenvalue weighted by Gasteiger charge is 2.35. The Balaban J connectivity index is 1.42. The first-order chi connectivity index (χ1) is 18.0. The molecule has 0 radical (unpaired) electrons. The van der Waals surface area contributed by atoms with Gasteiger partial charge in [-0.25, -0.2) is 0 Å². The van der Waals surface area contributed by atoms with E-state index >= 15 is 0 Å². The molecule has 2 amide bonds. The summed E-state index contributed by atoms with van der Waals surface area (Å²) in [5.41, 5.74) is 0.685. The van der Waals surface area contributed by atoms with Crippen molar-refractivity contribution in [1.29, 1.82) is 0 Å². The normalized spacial score (nSPS) is 18.7. The van der Waals surface area contributed by atoms with Crippen LogP contribution in [0.1, 0.15) is 55.9 Å². The van der Waals surface area contributed by atoms with Crippen LogP contribution in [0, 0.1) is 6.92 Å². The van der Waals surface area contributed by atoms with Crippen molar-refractivity contribution in [1.82, 2.24) is 30.4 Å². The van der Waals surface area contributed by atoms with E-state index in [1.807, 2.05) is 13.0 Å². The van der Waals surface area contributed by atoms with Crippen molar-refractivity contribution in [2.75, 3.05) is 13.2 Å². The lowest BCUT2D eigenvalue weighted by atomic mass is 10.0. The number of amides is 2. The summed E-state index contributed by atoms with van der Waals surface area (Å²) in [4.78, 5) is 30.3. The van der Waals surface area contributed by atoms with E-state index in [1.165, 1.54) is 4.80 Å². The largest absolute Gasteiger partial charge is 0.458 e. The Labute approximate surface area is 220 Å². The monoisotopic (exact) mass is 526 g/mol. The van der Waals surface area contributed by atoms with E-state index in [9.17, 15) is 9.59 Å². The highest BCUT2D eigenvalue weighted by Crippen LogP contribution is 2.28. The van der Waals surface area contributed by atoms with Crippen molar-refractivity contribution in [2.45, 2.75) is 70.2 Å². The molecule has 11 heteroatoms. The third-order valence-electron chi connectivity index (χ3n) is 6.88. The smallest absolute Gasteiger partial charge is 0.247 e. The molecule has 1 saturated heterocycles. The second kappa shape index (κ2) is 11.4. The number of rotatable bonds is 9. The molecule has 3 heterocycles. The van der Waals surface area contributed by atoms with Crippen molar-refractivity contribution < 1.29 is 18.7 Å². The van der Waals surface area contributed by atoms with Gasteiger partial charge >= 0.3 is 0 Å². The third-order valence-corrected chi connectivity index (χ3v) is 7.13. The number of aryl methyl sites for hydroxylation is 1. The van der Waals surface area contributed by atoms with Gasteiger partial charge in [-0.05, 0) is 67.6 Å². The molecule has 1 N–H and O–H groups in total. The molecule has 196 valence electrons. The summed E-state index contributed by atoms with van der Waals surface area (Å²) in [6.07, 6.45) is 5.65. The molecule has 2 aromatic heterocycles. The van der Waals surface area contributed by atoms with E-state index in [0.717, 1.165) is 44.3 Å². The fourth-order valence-corrected chi connectivity index (χ4v) is 5.13. The van der Waals surface area contributed by atoms with E-state index in [-0.39, 0.29) is 37.0 Å². The molecule has 1 aliphatic carbocycles. The Kier molecular flexibility index (Phi) is 7.85. The number of nitrogens with one attached hydrogen (secondary N) is 1. The minimum Gasteiger partial charge on any atom is -0.458 e. The first-order valence-corrected chi connectivity index (χ1v) is 13.2. The van der Waals surface area contributed by atoms with Crippen LogP contribution >= 0.6 is 11.6 Å². The molecule has 37 heavy (non-hydrogen) atoms. The summed E-state index contributed by atoms with van der Waals surface area (Å²) in [6.45, 7) is 2.57. The summed E-state index contributed by atoms with van der Waals surface area (Å²) in [5, 5.41) is 16.1. The molecular formula is C26H31ClN6O4. The molecule has 1 aliphatic heterocycles. The average Bonchev–Trinajstić information content (AvgIpc) is 3.69. The fraction of sp³-hybridized carbons (Fsp3) is 0.500. The molecule has 1 saturated carbocycles. The minimum absolute atomic E-state index is 0.110. The summed E-state index contributed by atoms with van der Waals surface area (Å²) >= 11 is 6.14. The number of hydrogen-bond acceptors (Lipinski definition) is 7. The zero-order chi connectivity index (χ0) is 25.8. The number of nitrogens with zero attached hydrogens (tertiary/aromatic N) is 5. The van der Waals surface area contributed by atoms with Crippen molar-refractivity contribution in [3.63, 3.8) is 0 Å². The maximum Gasteiger partial charge on any atom is 0.247 e. The quantitative estimate of drug-likeness (QED) is 0.452. The summed E-state index contributed by atoms with van der Waals surface area (Å²) in [7, 11) is 0. The van der Waals surface area contributed by atoms with Crippen LogP contribution in [0.2, 0.25) is 5.02 Å². The van der Waals surface area contributed by atoms with Gasteiger partial charge in [0, 0.05) is 24.2 Å². The Hall–Kier alpha value is -3.24. The number of tetrazole rings is 1. The van der Waals surface area contributed by atoms with Gasteiger partial charge in [0.15, 0.2) is 5.76 Å². The number of hydrogen-bond donors (Lipinski definition) is 1. The highest BCUT2D eigenvalue weighted by atomic mass is 35.5.